The fourth-order valence-electron chi connectivity index (χ4n) is 2.24. The predicted octanol–water partition coefficient (Wildman–Crippen LogP) is 1.47. The fourth-order valence-corrected chi connectivity index (χ4v) is 2.24. The second kappa shape index (κ2) is 5.87. The summed E-state index contributed by atoms with van der Waals surface area (Å²) in [5, 5.41) is 0. The van der Waals surface area contributed by atoms with Crippen molar-refractivity contribution in [2.75, 3.05) is 40.3 Å². The number of methoxy groups -OCH3 is 1. The number of amides is 1. The molecule has 1 fully saturated rings. The van der Waals surface area contributed by atoms with E-state index in [2.05, 4.69) is 11.9 Å². The van der Waals surface area contributed by atoms with E-state index in [9.17, 15) is 4.79 Å². The van der Waals surface area contributed by atoms with Gasteiger partial charge in [-0.05, 0) is 32.1 Å². The molecule has 1 amide bonds. The van der Waals surface area contributed by atoms with E-state index < -0.39 is 0 Å². The van der Waals surface area contributed by atoms with E-state index in [1.54, 1.807) is 7.11 Å². The molecule has 18 heavy (non-hydrogen) atoms. The van der Waals surface area contributed by atoms with Gasteiger partial charge in [-0.25, -0.2) is 0 Å². The maximum atomic E-state index is 12.5. The number of nitrogens with zero attached hydrogens (tertiary/aromatic N) is 2. The van der Waals surface area contributed by atoms with Gasteiger partial charge in [0, 0.05) is 19.6 Å². The van der Waals surface area contributed by atoms with E-state index in [-0.39, 0.29) is 5.91 Å². The molecule has 0 bridgehead atoms. The highest BCUT2D eigenvalue weighted by Gasteiger charge is 2.21. The zero-order valence-electron chi connectivity index (χ0n) is 11.1. The van der Waals surface area contributed by atoms with E-state index in [1.165, 1.54) is 0 Å². The highest BCUT2D eigenvalue weighted by molar-refractivity contribution is 5.96. The third-order valence-electron chi connectivity index (χ3n) is 3.34. The van der Waals surface area contributed by atoms with Gasteiger partial charge in [-0.2, -0.15) is 0 Å². The van der Waals surface area contributed by atoms with E-state index in [1.807, 2.05) is 29.2 Å². The molecule has 1 heterocycles. The molecule has 0 unspecified atom stereocenters. The van der Waals surface area contributed by atoms with Gasteiger partial charge in [-0.1, -0.05) is 12.1 Å². The highest BCUT2D eigenvalue weighted by Crippen LogP contribution is 2.19. The van der Waals surface area contributed by atoms with Crippen molar-refractivity contribution < 1.29 is 9.53 Å². The van der Waals surface area contributed by atoms with Crippen molar-refractivity contribution >= 4 is 5.91 Å². The quantitative estimate of drug-likeness (QED) is 0.794. The summed E-state index contributed by atoms with van der Waals surface area (Å²) in [5.74, 6) is 0.725. The Morgan fingerprint density at radius 1 is 1.17 bits per heavy atom. The number of ether oxygens (including phenoxy) is 1. The average Bonchev–Trinajstić information content (AvgIpc) is 2.62. The number of para-hydroxylation sites is 1. The van der Waals surface area contributed by atoms with Crippen molar-refractivity contribution in [2.45, 2.75) is 6.42 Å². The van der Waals surface area contributed by atoms with Gasteiger partial charge in [0.05, 0.1) is 12.7 Å². The van der Waals surface area contributed by atoms with Crippen LogP contribution >= 0.6 is 0 Å². The lowest BCUT2D eigenvalue weighted by Gasteiger charge is -2.21. The number of benzene rings is 1. The number of hydrogen-bond acceptors (Lipinski definition) is 3. The first kappa shape index (κ1) is 12.9. The van der Waals surface area contributed by atoms with Gasteiger partial charge in [0.15, 0.2) is 0 Å². The van der Waals surface area contributed by atoms with Crippen LogP contribution in [0.5, 0.6) is 5.75 Å². The Morgan fingerprint density at radius 2 is 1.94 bits per heavy atom. The molecule has 0 aromatic heterocycles. The summed E-state index contributed by atoms with van der Waals surface area (Å²) in [7, 11) is 3.69. The molecule has 0 radical (unpaired) electrons. The minimum absolute atomic E-state index is 0.0720. The summed E-state index contributed by atoms with van der Waals surface area (Å²) >= 11 is 0. The fraction of sp³-hybridized carbons (Fsp3) is 0.500. The minimum atomic E-state index is 0.0720. The molecule has 2 rings (SSSR count). The van der Waals surface area contributed by atoms with Crippen LogP contribution in [-0.4, -0.2) is 56.0 Å². The van der Waals surface area contributed by atoms with Crippen molar-refractivity contribution in [3.8, 4) is 5.75 Å². The normalized spacial score (nSPS) is 17.3. The molecule has 4 heteroatoms. The van der Waals surface area contributed by atoms with Crippen molar-refractivity contribution in [1.29, 1.82) is 0 Å². The summed E-state index contributed by atoms with van der Waals surface area (Å²) in [5.41, 5.74) is 0.657. The lowest BCUT2D eigenvalue weighted by Crippen LogP contribution is -2.34. The largest absolute Gasteiger partial charge is 0.496 e. The predicted molar refractivity (Wildman–Crippen MR) is 71.0 cm³/mol. The monoisotopic (exact) mass is 248 g/mol. The summed E-state index contributed by atoms with van der Waals surface area (Å²) in [6.07, 6.45) is 1.03. The van der Waals surface area contributed by atoms with Gasteiger partial charge in [-0.15, -0.1) is 0 Å². The van der Waals surface area contributed by atoms with Gasteiger partial charge >= 0.3 is 0 Å². The zero-order valence-corrected chi connectivity index (χ0v) is 11.1. The van der Waals surface area contributed by atoms with Crippen molar-refractivity contribution in [2.24, 2.45) is 0 Å². The molecule has 4 nitrogen and oxygen atoms in total. The molecular formula is C14H20N2O2. The third kappa shape index (κ3) is 2.82. The number of hydrogen-bond donors (Lipinski definition) is 0. The smallest absolute Gasteiger partial charge is 0.257 e. The Bertz CT molecular complexity index is 420. The van der Waals surface area contributed by atoms with Crippen LogP contribution in [0.3, 0.4) is 0 Å². The van der Waals surface area contributed by atoms with E-state index in [0.29, 0.717) is 11.3 Å². The molecule has 1 aliphatic rings. The van der Waals surface area contributed by atoms with E-state index >= 15 is 0 Å². The maximum Gasteiger partial charge on any atom is 0.257 e. The highest BCUT2D eigenvalue weighted by atomic mass is 16.5. The number of rotatable bonds is 2. The SMILES string of the molecule is COc1ccccc1C(=O)N1CCCN(C)CC1. The molecular weight excluding hydrogens is 228 g/mol. The first-order chi connectivity index (χ1) is 8.72. The van der Waals surface area contributed by atoms with Crippen LogP contribution in [0.4, 0.5) is 0 Å². The van der Waals surface area contributed by atoms with Crippen LogP contribution in [0.15, 0.2) is 24.3 Å². The van der Waals surface area contributed by atoms with Crippen molar-refractivity contribution in [3.05, 3.63) is 29.8 Å². The topological polar surface area (TPSA) is 32.8 Å². The Balaban J connectivity index is 2.15. The van der Waals surface area contributed by atoms with Crippen LogP contribution in [0, 0.1) is 0 Å². The maximum absolute atomic E-state index is 12.5. The van der Waals surface area contributed by atoms with Crippen LogP contribution in [0.25, 0.3) is 0 Å². The molecule has 1 aliphatic heterocycles. The molecule has 1 saturated heterocycles. The molecule has 0 aliphatic carbocycles. The number of carbonyl (C=O) groups excluding carboxylic acids is 1. The number of likely N-dealkylation sites (N-methyl/N-ethyl adjacent to an activating group) is 1. The second-order valence-electron chi connectivity index (χ2n) is 4.65. The molecule has 98 valence electrons. The lowest BCUT2D eigenvalue weighted by molar-refractivity contribution is 0.0759. The van der Waals surface area contributed by atoms with Gasteiger partial charge in [-0.3, -0.25) is 4.79 Å². The van der Waals surface area contributed by atoms with E-state index in [4.69, 9.17) is 4.74 Å². The second-order valence-corrected chi connectivity index (χ2v) is 4.65. The summed E-state index contributed by atoms with van der Waals surface area (Å²) in [4.78, 5) is 16.6. The van der Waals surface area contributed by atoms with Gasteiger partial charge in [0.25, 0.3) is 5.91 Å². The molecule has 0 saturated carbocycles. The summed E-state index contributed by atoms with van der Waals surface area (Å²) in [6, 6.07) is 7.42. The van der Waals surface area contributed by atoms with Crippen LogP contribution in [-0.2, 0) is 0 Å². The summed E-state index contributed by atoms with van der Waals surface area (Å²) in [6.45, 7) is 3.59. The van der Waals surface area contributed by atoms with Crippen molar-refractivity contribution in [1.82, 2.24) is 9.80 Å². The van der Waals surface area contributed by atoms with Gasteiger partial charge in [0.1, 0.15) is 5.75 Å². The first-order valence-corrected chi connectivity index (χ1v) is 6.33. The molecule has 1 aromatic rings. The Morgan fingerprint density at radius 3 is 2.72 bits per heavy atom. The summed E-state index contributed by atoms with van der Waals surface area (Å²) < 4.78 is 5.25. The van der Waals surface area contributed by atoms with Crippen LogP contribution in [0.1, 0.15) is 16.8 Å². The zero-order chi connectivity index (χ0) is 13.0. The molecule has 1 aromatic carbocycles. The standard InChI is InChI=1S/C14H20N2O2/c1-15-8-5-9-16(11-10-15)14(17)12-6-3-4-7-13(12)18-2/h3-4,6-7H,5,8-11H2,1-2H3. The average molecular weight is 248 g/mol. The van der Waals surface area contributed by atoms with E-state index in [0.717, 1.165) is 32.6 Å². The Kier molecular flexibility index (Phi) is 4.20. The minimum Gasteiger partial charge on any atom is -0.496 e. The molecule has 0 atom stereocenters. The van der Waals surface area contributed by atoms with Crippen LogP contribution in [0.2, 0.25) is 0 Å². The third-order valence-corrected chi connectivity index (χ3v) is 3.34. The lowest BCUT2D eigenvalue weighted by atomic mass is 10.1. The van der Waals surface area contributed by atoms with Crippen molar-refractivity contribution in [3.63, 3.8) is 0 Å². The van der Waals surface area contributed by atoms with Gasteiger partial charge in [0.2, 0.25) is 0 Å². The number of carbonyl (C=O) groups is 1. The van der Waals surface area contributed by atoms with Crippen LogP contribution < -0.4 is 4.74 Å². The molecule has 0 N–H and O–H groups in total. The molecule has 0 spiro atoms. The first-order valence-electron chi connectivity index (χ1n) is 6.33. The van der Waals surface area contributed by atoms with Gasteiger partial charge < -0.3 is 14.5 Å². The Labute approximate surface area is 108 Å². The Hall–Kier alpha value is -1.55.